The van der Waals surface area contributed by atoms with Gasteiger partial charge >= 0.3 is 0 Å². The third kappa shape index (κ3) is 5.32. The van der Waals surface area contributed by atoms with E-state index < -0.39 is 9.84 Å². The van der Waals surface area contributed by atoms with Crippen LogP contribution in [0.1, 0.15) is 24.8 Å². The molecule has 0 aromatic heterocycles. The van der Waals surface area contributed by atoms with E-state index in [1.54, 1.807) is 0 Å². The number of amides is 1. The first-order valence-corrected chi connectivity index (χ1v) is 10.2. The molecule has 1 amide bonds. The number of hydrogen-bond donors (Lipinski definition) is 0. The Bertz CT molecular complexity index is 608. The lowest BCUT2D eigenvalue weighted by Crippen LogP contribution is -2.50. The average molecular weight is 338 g/mol. The van der Waals surface area contributed by atoms with Crippen molar-refractivity contribution in [1.29, 1.82) is 0 Å². The average Bonchev–Trinajstić information content (AvgIpc) is 2.54. The van der Waals surface area contributed by atoms with Crippen LogP contribution in [-0.4, -0.2) is 68.9 Å². The highest BCUT2D eigenvalue weighted by molar-refractivity contribution is 7.90. The van der Waals surface area contributed by atoms with Gasteiger partial charge in [0.1, 0.15) is 9.84 Å². The molecule has 23 heavy (non-hydrogen) atoms. The maximum atomic E-state index is 12.8. The first-order valence-electron chi connectivity index (χ1n) is 8.14. The van der Waals surface area contributed by atoms with Crippen LogP contribution in [0.3, 0.4) is 0 Å². The molecule has 6 heteroatoms. The van der Waals surface area contributed by atoms with E-state index in [9.17, 15) is 13.2 Å². The molecule has 128 valence electrons. The second kappa shape index (κ2) is 7.93. The van der Waals surface area contributed by atoms with Crippen molar-refractivity contribution in [2.75, 3.05) is 44.7 Å². The molecule has 1 aromatic carbocycles. The van der Waals surface area contributed by atoms with E-state index in [-0.39, 0.29) is 17.6 Å². The molecule has 1 aliphatic rings. The predicted octanol–water partition coefficient (Wildman–Crippen LogP) is 1.37. The third-order valence-corrected chi connectivity index (χ3v) is 5.29. The fourth-order valence-electron chi connectivity index (χ4n) is 2.95. The third-order valence-electron chi connectivity index (χ3n) is 4.37. The second-order valence-corrected chi connectivity index (χ2v) is 8.43. The monoisotopic (exact) mass is 338 g/mol. The van der Waals surface area contributed by atoms with Crippen molar-refractivity contribution in [3.8, 4) is 0 Å². The Balaban J connectivity index is 1.90. The highest BCUT2D eigenvalue weighted by Crippen LogP contribution is 2.22. The van der Waals surface area contributed by atoms with Crippen molar-refractivity contribution in [1.82, 2.24) is 9.80 Å². The molecule has 0 saturated carbocycles. The van der Waals surface area contributed by atoms with Crippen LogP contribution in [0.4, 0.5) is 0 Å². The number of carbonyl (C=O) groups excluding carboxylic acids is 1. The van der Waals surface area contributed by atoms with Gasteiger partial charge in [0, 0.05) is 39.0 Å². The molecule has 5 nitrogen and oxygen atoms in total. The normalized spacial score (nSPS) is 17.9. The van der Waals surface area contributed by atoms with E-state index in [0.29, 0.717) is 19.6 Å². The fourth-order valence-corrected chi connectivity index (χ4v) is 3.54. The molecule has 0 radical (unpaired) electrons. The van der Waals surface area contributed by atoms with Crippen molar-refractivity contribution in [2.24, 2.45) is 0 Å². The van der Waals surface area contributed by atoms with Crippen molar-refractivity contribution < 1.29 is 13.2 Å². The lowest BCUT2D eigenvalue weighted by atomic mass is 9.95. The van der Waals surface area contributed by atoms with Crippen LogP contribution in [0.25, 0.3) is 0 Å². The highest BCUT2D eigenvalue weighted by atomic mass is 32.2. The van der Waals surface area contributed by atoms with Gasteiger partial charge in [0.15, 0.2) is 0 Å². The molecule has 1 fully saturated rings. The number of sulfone groups is 1. The molecule has 2 rings (SSSR count). The summed E-state index contributed by atoms with van der Waals surface area (Å²) >= 11 is 0. The zero-order valence-corrected chi connectivity index (χ0v) is 14.8. The molecule has 1 atom stereocenters. The quantitative estimate of drug-likeness (QED) is 0.786. The van der Waals surface area contributed by atoms with Gasteiger partial charge in [-0.1, -0.05) is 37.3 Å². The zero-order chi connectivity index (χ0) is 16.9. The van der Waals surface area contributed by atoms with Gasteiger partial charge in [-0.25, -0.2) is 8.42 Å². The first kappa shape index (κ1) is 17.9. The standard InChI is InChI=1S/C17H26N2O3S/c1-3-16(15-7-5-4-6-8-15)17(20)19-11-9-18(10-12-19)13-14-23(2,21)22/h4-8,16H,3,9-14H2,1-2H3/t16-/m0/s1. The summed E-state index contributed by atoms with van der Waals surface area (Å²) in [5.74, 6) is 0.281. The molecular weight excluding hydrogens is 312 g/mol. The summed E-state index contributed by atoms with van der Waals surface area (Å²) in [4.78, 5) is 16.8. The number of hydrogen-bond acceptors (Lipinski definition) is 4. The molecule has 0 unspecified atom stereocenters. The van der Waals surface area contributed by atoms with E-state index in [1.165, 1.54) is 6.26 Å². The number of carbonyl (C=O) groups is 1. The maximum Gasteiger partial charge on any atom is 0.230 e. The van der Waals surface area contributed by atoms with Crippen LogP contribution in [0.5, 0.6) is 0 Å². The largest absolute Gasteiger partial charge is 0.340 e. The Morgan fingerprint density at radius 3 is 2.26 bits per heavy atom. The summed E-state index contributed by atoms with van der Waals surface area (Å²) in [5, 5.41) is 0. The van der Waals surface area contributed by atoms with Crippen LogP contribution >= 0.6 is 0 Å². The smallest absolute Gasteiger partial charge is 0.230 e. The van der Waals surface area contributed by atoms with Gasteiger partial charge in [-0.2, -0.15) is 0 Å². The van der Waals surface area contributed by atoms with E-state index in [1.807, 2.05) is 42.2 Å². The summed E-state index contributed by atoms with van der Waals surface area (Å²) in [6, 6.07) is 9.91. The van der Waals surface area contributed by atoms with Gasteiger partial charge in [-0.3, -0.25) is 9.69 Å². The molecule has 1 heterocycles. The Hall–Kier alpha value is -1.40. The first-order chi connectivity index (χ1) is 10.9. The lowest BCUT2D eigenvalue weighted by Gasteiger charge is -2.36. The van der Waals surface area contributed by atoms with Crippen molar-refractivity contribution in [3.63, 3.8) is 0 Å². The maximum absolute atomic E-state index is 12.8. The van der Waals surface area contributed by atoms with Crippen LogP contribution in [0.2, 0.25) is 0 Å². The Morgan fingerprint density at radius 1 is 1.13 bits per heavy atom. The minimum atomic E-state index is -2.93. The number of nitrogens with zero attached hydrogens (tertiary/aromatic N) is 2. The molecule has 1 aliphatic heterocycles. The number of piperazine rings is 1. The minimum Gasteiger partial charge on any atom is -0.340 e. The molecule has 0 spiro atoms. The van der Waals surface area contributed by atoms with E-state index >= 15 is 0 Å². The highest BCUT2D eigenvalue weighted by Gasteiger charge is 2.27. The second-order valence-electron chi connectivity index (χ2n) is 6.17. The Labute approximate surface area is 139 Å². The van der Waals surface area contributed by atoms with Crippen LogP contribution in [0.15, 0.2) is 30.3 Å². The van der Waals surface area contributed by atoms with E-state index in [0.717, 1.165) is 25.1 Å². The van der Waals surface area contributed by atoms with Crippen LogP contribution in [-0.2, 0) is 14.6 Å². The van der Waals surface area contributed by atoms with Gasteiger partial charge in [-0.15, -0.1) is 0 Å². The van der Waals surface area contributed by atoms with Crippen LogP contribution in [0, 0.1) is 0 Å². The number of benzene rings is 1. The van der Waals surface area contributed by atoms with Crippen molar-refractivity contribution in [2.45, 2.75) is 19.3 Å². The number of rotatable bonds is 6. The topological polar surface area (TPSA) is 57.7 Å². The van der Waals surface area contributed by atoms with E-state index in [4.69, 9.17) is 0 Å². The summed E-state index contributed by atoms with van der Waals surface area (Å²) in [5.41, 5.74) is 1.07. The SMILES string of the molecule is CC[C@H](C(=O)N1CCN(CCS(C)(=O)=O)CC1)c1ccccc1. The molecular formula is C17H26N2O3S. The molecule has 1 saturated heterocycles. The fraction of sp³-hybridized carbons (Fsp3) is 0.588. The van der Waals surface area contributed by atoms with Gasteiger partial charge < -0.3 is 4.90 Å². The van der Waals surface area contributed by atoms with Gasteiger partial charge in [0.05, 0.1) is 11.7 Å². The van der Waals surface area contributed by atoms with Crippen molar-refractivity contribution >= 4 is 15.7 Å². The summed E-state index contributed by atoms with van der Waals surface area (Å²) in [6.07, 6.45) is 2.05. The lowest BCUT2D eigenvalue weighted by molar-refractivity contribution is -0.134. The summed E-state index contributed by atoms with van der Waals surface area (Å²) in [7, 11) is -2.93. The van der Waals surface area contributed by atoms with Crippen LogP contribution < -0.4 is 0 Å². The predicted molar refractivity (Wildman–Crippen MR) is 92.2 cm³/mol. The van der Waals surface area contributed by atoms with Gasteiger partial charge in [0.25, 0.3) is 0 Å². The summed E-state index contributed by atoms with van der Waals surface area (Å²) in [6.45, 7) is 5.42. The zero-order valence-electron chi connectivity index (χ0n) is 13.9. The Morgan fingerprint density at radius 2 is 1.74 bits per heavy atom. The van der Waals surface area contributed by atoms with E-state index in [2.05, 4.69) is 4.90 Å². The molecule has 1 aromatic rings. The molecule has 0 N–H and O–H groups in total. The molecule has 0 bridgehead atoms. The van der Waals surface area contributed by atoms with Gasteiger partial charge in [0.2, 0.25) is 5.91 Å². The Kier molecular flexibility index (Phi) is 6.18. The molecule has 0 aliphatic carbocycles. The van der Waals surface area contributed by atoms with Gasteiger partial charge in [-0.05, 0) is 12.0 Å². The van der Waals surface area contributed by atoms with Crippen molar-refractivity contribution in [3.05, 3.63) is 35.9 Å². The minimum absolute atomic E-state index is 0.0845. The summed E-state index contributed by atoms with van der Waals surface area (Å²) < 4.78 is 22.5.